The number of para-hydroxylation sites is 1. The van der Waals surface area contributed by atoms with Gasteiger partial charge in [0, 0.05) is 18.4 Å². The molecule has 27 heavy (non-hydrogen) atoms. The number of methoxy groups -OCH3 is 1. The van der Waals surface area contributed by atoms with Crippen LogP contribution in [-0.4, -0.2) is 25.3 Å². The van der Waals surface area contributed by atoms with Crippen LogP contribution < -0.4 is 15.1 Å². The third kappa shape index (κ3) is 3.08. The molecule has 0 amide bonds. The monoisotopic (exact) mass is 366 g/mol. The topological polar surface area (TPSA) is 64.1 Å². The van der Waals surface area contributed by atoms with Crippen LogP contribution in [0.25, 0.3) is 22.1 Å². The molecule has 1 aromatic heterocycles. The van der Waals surface area contributed by atoms with Gasteiger partial charge >= 0.3 is 0 Å². The molecule has 4 rings (SSSR count). The summed E-state index contributed by atoms with van der Waals surface area (Å²) >= 11 is 0. The van der Waals surface area contributed by atoms with Gasteiger partial charge in [-0.1, -0.05) is 18.2 Å². The van der Waals surface area contributed by atoms with Gasteiger partial charge in [-0.05, 0) is 25.1 Å². The Balaban J connectivity index is 1.92. The lowest BCUT2D eigenvalue weighted by Crippen LogP contribution is -3.08. The van der Waals surface area contributed by atoms with Crippen LogP contribution in [0.4, 0.5) is 0 Å². The molecular weight excluding hydrogens is 342 g/mol. The molecule has 0 aliphatic carbocycles. The third-order valence-corrected chi connectivity index (χ3v) is 5.43. The first-order valence-corrected chi connectivity index (χ1v) is 9.35. The highest BCUT2D eigenvalue weighted by atomic mass is 16.5. The highest BCUT2D eigenvalue weighted by Gasteiger charge is 2.23. The second-order valence-electron chi connectivity index (χ2n) is 7.14. The maximum absolute atomic E-state index is 13.3. The summed E-state index contributed by atoms with van der Waals surface area (Å²) in [4.78, 5) is 14.7. The minimum Gasteiger partial charge on any atom is -0.507 e. The first-order valence-electron chi connectivity index (χ1n) is 9.35. The van der Waals surface area contributed by atoms with Crippen molar-refractivity contribution < 1.29 is 19.2 Å². The first-order chi connectivity index (χ1) is 13.1. The van der Waals surface area contributed by atoms with Crippen molar-refractivity contribution in [1.82, 2.24) is 0 Å². The number of rotatable bonds is 4. The molecule has 0 saturated carbocycles. The van der Waals surface area contributed by atoms with E-state index in [9.17, 15) is 9.90 Å². The van der Waals surface area contributed by atoms with Crippen molar-refractivity contribution in [2.75, 3.05) is 20.2 Å². The summed E-state index contributed by atoms with van der Waals surface area (Å²) in [5.74, 6) is 1.35. The number of phenols is 1. The summed E-state index contributed by atoms with van der Waals surface area (Å²) in [5.41, 5.74) is 2.33. The smallest absolute Gasteiger partial charge is 0.200 e. The average molecular weight is 366 g/mol. The molecule has 0 unspecified atom stereocenters. The molecule has 2 aromatic carbocycles. The van der Waals surface area contributed by atoms with E-state index in [1.807, 2.05) is 24.3 Å². The Morgan fingerprint density at radius 1 is 1.15 bits per heavy atom. The fraction of sp³-hybridized carbons (Fsp3) is 0.318. The van der Waals surface area contributed by atoms with E-state index in [1.54, 1.807) is 26.2 Å². The summed E-state index contributed by atoms with van der Waals surface area (Å²) in [7, 11) is 1.59. The van der Waals surface area contributed by atoms with Gasteiger partial charge in [-0.25, -0.2) is 0 Å². The molecule has 0 bridgehead atoms. The van der Waals surface area contributed by atoms with Crippen LogP contribution in [0.1, 0.15) is 24.2 Å². The van der Waals surface area contributed by atoms with E-state index in [1.165, 1.54) is 17.7 Å². The van der Waals surface area contributed by atoms with Crippen LogP contribution in [0, 0.1) is 6.92 Å². The molecule has 2 heterocycles. The predicted molar refractivity (Wildman–Crippen MR) is 105 cm³/mol. The average Bonchev–Trinajstić information content (AvgIpc) is 3.18. The number of nitrogens with one attached hydrogen (secondary N) is 1. The minimum atomic E-state index is -0.101. The maximum atomic E-state index is 13.3. The van der Waals surface area contributed by atoms with Crippen LogP contribution in [-0.2, 0) is 6.54 Å². The van der Waals surface area contributed by atoms with Crippen LogP contribution in [0.15, 0.2) is 45.6 Å². The lowest BCUT2D eigenvalue weighted by Gasteiger charge is -2.16. The number of phenolic OH excluding ortho intramolecular Hbond substituents is 1. The van der Waals surface area contributed by atoms with Gasteiger partial charge in [0.15, 0.2) is 5.58 Å². The molecule has 5 nitrogen and oxygen atoms in total. The summed E-state index contributed by atoms with van der Waals surface area (Å²) in [5, 5.41) is 10.9. The zero-order chi connectivity index (χ0) is 19.0. The van der Waals surface area contributed by atoms with Crippen LogP contribution in [0.5, 0.6) is 11.5 Å². The molecule has 1 saturated heterocycles. The maximum Gasteiger partial charge on any atom is 0.200 e. The van der Waals surface area contributed by atoms with Crippen molar-refractivity contribution in [3.05, 3.63) is 57.9 Å². The Morgan fingerprint density at radius 3 is 2.63 bits per heavy atom. The molecule has 0 radical (unpaired) electrons. The molecular formula is C22H24NO4+. The molecule has 3 aromatic rings. The van der Waals surface area contributed by atoms with Crippen molar-refractivity contribution in [1.29, 1.82) is 0 Å². The van der Waals surface area contributed by atoms with E-state index in [2.05, 4.69) is 0 Å². The lowest BCUT2D eigenvalue weighted by molar-refractivity contribution is -0.901. The number of aromatic hydroxyl groups is 1. The Bertz CT molecular complexity index is 1050. The first kappa shape index (κ1) is 17.6. The Morgan fingerprint density at radius 2 is 1.89 bits per heavy atom. The summed E-state index contributed by atoms with van der Waals surface area (Å²) < 4.78 is 11.6. The van der Waals surface area contributed by atoms with Crippen molar-refractivity contribution in [3.8, 4) is 22.6 Å². The summed E-state index contributed by atoms with van der Waals surface area (Å²) in [6, 6.07) is 10.7. The van der Waals surface area contributed by atoms with Gasteiger partial charge in [-0.3, -0.25) is 4.79 Å². The van der Waals surface area contributed by atoms with Gasteiger partial charge in [0.2, 0.25) is 5.43 Å². The normalized spacial score (nSPS) is 14.7. The largest absolute Gasteiger partial charge is 0.507 e. The molecule has 0 spiro atoms. The number of quaternary nitrogens is 1. The van der Waals surface area contributed by atoms with Gasteiger partial charge in [0.05, 0.1) is 36.7 Å². The van der Waals surface area contributed by atoms with E-state index < -0.39 is 0 Å². The number of hydrogen-bond donors (Lipinski definition) is 2. The fourth-order valence-corrected chi connectivity index (χ4v) is 4.05. The molecule has 5 heteroatoms. The summed E-state index contributed by atoms with van der Waals surface area (Å²) in [6.45, 7) is 4.62. The quantitative estimate of drug-likeness (QED) is 0.745. The van der Waals surface area contributed by atoms with Gasteiger partial charge in [-0.2, -0.15) is 0 Å². The molecule has 1 fully saturated rings. The molecule has 1 aliphatic heterocycles. The number of likely N-dealkylation sites (tertiary alicyclic amines) is 1. The van der Waals surface area contributed by atoms with Crippen LogP contribution >= 0.6 is 0 Å². The third-order valence-electron chi connectivity index (χ3n) is 5.43. The molecule has 0 atom stereocenters. The second-order valence-corrected chi connectivity index (χ2v) is 7.14. The Labute approximate surface area is 157 Å². The predicted octanol–water partition coefficient (Wildman–Crippen LogP) is 2.66. The van der Waals surface area contributed by atoms with Crippen molar-refractivity contribution in [3.63, 3.8) is 0 Å². The van der Waals surface area contributed by atoms with E-state index in [4.69, 9.17) is 9.15 Å². The van der Waals surface area contributed by atoms with Gasteiger partial charge in [-0.15, -0.1) is 0 Å². The van der Waals surface area contributed by atoms with E-state index in [0.29, 0.717) is 40.2 Å². The zero-order valence-corrected chi connectivity index (χ0v) is 15.7. The highest BCUT2D eigenvalue weighted by Crippen LogP contribution is 2.33. The summed E-state index contributed by atoms with van der Waals surface area (Å²) in [6.07, 6.45) is 2.39. The number of fused-ring (bicyclic) bond motifs is 1. The highest BCUT2D eigenvalue weighted by molar-refractivity contribution is 5.87. The molecule has 1 aliphatic rings. The van der Waals surface area contributed by atoms with Gasteiger partial charge in [0.1, 0.15) is 23.8 Å². The Hall–Kier alpha value is -2.79. The fourth-order valence-electron chi connectivity index (χ4n) is 4.05. The van der Waals surface area contributed by atoms with Gasteiger partial charge < -0.3 is 19.2 Å². The number of benzene rings is 2. The van der Waals surface area contributed by atoms with Crippen molar-refractivity contribution >= 4 is 11.0 Å². The number of aryl methyl sites for hydroxylation is 1. The second kappa shape index (κ2) is 7.08. The molecule has 140 valence electrons. The minimum absolute atomic E-state index is 0.101. The van der Waals surface area contributed by atoms with Crippen LogP contribution in [0.2, 0.25) is 0 Å². The van der Waals surface area contributed by atoms with Gasteiger partial charge in [0.25, 0.3) is 0 Å². The lowest BCUT2D eigenvalue weighted by atomic mass is 10.00. The standard InChI is InChI=1S/C22H23NO4/c1-14-20(15-7-3-4-8-19(15)26-2)21(25)16-9-10-18(24)17(22(16)27-14)13-23-11-5-6-12-23/h3-4,7-10,24H,5-6,11-13H2,1-2H3/p+1. The number of ether oxygens (including phenoxy) is 1. The van der Waals surface area contributed by atoms with Crippen LogP contribution in [0.3, 0.4) is 0 Å². The van der Waals surface area contributed by atoms with E-state index >= 15 is 0 Å². The van der Waals surface area contributed by atoms with E-state index in [-0.39, 0.29) is 11.2 Å². The van der Waals surface area contributed by atoms with Crippen molar-refractivity contribution in [2.45, 2.75) is 26.3 Å². The van der Waals surface area contributed by atoms with Crippen molar-refractivity contribution in [2.24, 2.45) is 0 Å². The number of hydrogen-bond acceptors (Lipinski definition) is 4. The van der Waals surface area contributed by atoms with E-state index in [0.717, 1.165) is 18.7 Å². The molecule has 2 N–H and O–H groups in total. The zero-order valence-electron chi connectivity index (χ0n) is 15.7. The SMILES string of the molecule is COc1ccccc1-c1c(C)oc2c(C[NH+]3CCCC3)c(O)ccc2c1=O. The Kier molecular flexibility index (Phi) is 4.62.